The van der Waals surface area contributed by atoms with Gasteiger partial charge in [-0.25, -0.2) is 4.98 Å². The number of aromatic nitrogens is 2. The van der Waals surface area contributed by atoms with Gasteiger partial charge in [0.25, 0.3) is 11.5 Å². The van der Waals surface area contributed by atoms with E-state index < -0.39 is 0 Å². The van der Waals surface area contributed by atoms with Crippen molar-refractivity contribution in [2.45, 2.75) is 30.5 Å². The molecule has 7 heteroatoms. The predicted octanol–water partition coefficient (Wildman–Crippen LogP) is 3.76. The Hall–Kier alpha value is -2.12. The number of hydrogen-bond acceptors (Lipinski definition) is 5. The van der Waals surface area contributed by atoms with Crippen LogP contribution in [-0.4, -0.2) is 33.1 Å². The van der Waals surface area contributed by atoms with Crippen LogP contribution in [0.5, 0.6) is 0 Å². The van der Waals surface area contributed by atoms with E-state index in [9.17, 15) is 9.59 Å². The van der Waals surface area contributed by atoms with Crippen molar-refractivity contribution in [2.75, 3.05) is 7.05 Å². The second kappa shape index (κ2) is 7.41. The molecule has 5 nitrogen and oxygen atoms in total. The lowest BCUT2D eigenvalue weighted by atomic mass is 10.2. The van der Waals surface area contributed by atoms with Gasteiger partial charge in [0.1, 0.15) is 10.5 Å². The van der Waals surface area contributed by atoms with Crippen molar-refractivity contribution in [3.05, 3.63) is 57.5 Å². The first-order chi connectivity index (χ1) is 12.0. The maximum atomic E-state index is 12.8. The predicted molar refractivity (Wildman–Crippen MR) is 103 cm³/mol. The number of aromatic amines is 1. The molecule has 1 amide bonds. The van der Waals surface area contributed by atoms with Crippen molar-refractivity contribution < 1.29 is 4.79 Å². The number of thioether (sulfide) groups is 1. The number of nitrogens with one attached hydrogen (secondary N) is 1. The summed E-state index contributed by atoms with van der Waals surface area (Å²) in [6, 6.07) is 9.41. The third kappa shape index (κ3) is 3.93. The van der Waals surface area contributed by atoms with E-state index in [1.165, 1.54) is 11.3 Å². The van der Waals surface area contributed by atoms with Crippen LogP contribution in [0.2, 0.25) is 0 Å². The third-order valence-corrected chi connectivity index (χ3v) is 5.56. The molecule has 0 saturated carbocycles. The number of carbonyl (C=O) groups is 1. The maximum Gasteiger partial charge on any atom is 0.268 e. The quantitative estimate of drug-likeness (QED) is 0.692. The molecule has 0 unspecified atom stereocenters. The molecule has 2 aromatic heterocycles. The van der Waals surface area contributed by atoms with Gasteiger partial charge in [-0.2, -0.15) is 0 Å². The highest BCUT2D eigenvalue weighted by Crippen LogP contribution is 2.27. The highest BCUT2D eigenvalue weighted by molar-refractivity contribution is 8.00. The van der Waals surface area contributed by atoms with Crippen LogP contribution in [0.25, 0.3) is 10.2 Å². The summed E-state index contributed by atoms with van der Waals surface area (Å²) in [5.74, 6) is 0.401. The number of benzene rings is 1. The van der Waals surface area contributed by atoms with Gasteiger partial charge in [-0.05, 0) is 23.6 Å². The van der Waals surface area contributed by atoms with Crippen molar-refractivity contribution in [1.29, 1.82) is 0 Å². The summed E-state index contributed by atoms with van der Waals surface area (Å²) in [7, 11) is 1.72. The largest absolute Gasteiger partial charge is 0.334 e. The lowest BCUT2D eigenvalue weighted by molar-refractivity contribution is 0.0778. The summed E-state index contributed by atoms with van der Waals surface area (Å²) in [5, 5.41) is 2.23. The molecule has 0 aliphatic heterocycles. The molecule has 0 fully saturated rings. The minimum absolute atomic E-state index is 0.0863. The lowest BCUT2D eigenvalue weighted by Gasteiger charge is -2.19. The molecule has 2 heterocycles. The average molecular weight is 374 g/mol. The molecule has 0 saturated heterocycles. The lowest BCUT2D eigenvalue weighted by Crippen LogP contribution is -2.28. The average Bonchev–Trinajstić information content (AvgIpc) is 3.03. The minimum Gasteiger partial charge on any atom is -0.334 e. The number of carbonyl (C=O) groups excluding carboxylic acids is 1. The Morgan fingerprint density at radius 1 is 1.32 bits per heavy atom. The molecule has 25 heavy (non-hydrogen) atoms. The first-order valence-corrected chi connectivity index (χ1v) is 9.69. The normalized spacial score (nSPS) is 11.2. The standard InChI is InChI=1S/C18H19N3O2S2/c1-11(2)25-14-7-5-4-6-12(14)18(23)21(3)10-15-19-13-8-9-24-16(13)17(22)20-15/h4-9,11H,10H2,1-3H3,(H,19,20,22). The van der Waals surface area contributed by atoms with E-state index in [4.69, 9.17) is 0 Å². The molecule has 3 rings (SSSR count). The molecule has 0 atom stereocenters. The summed E-state index contributed by atoms with van der Waals surface area (Å²) < 4.78 is 0.608. The van der Waals surface area contributed by atoms with E-state index in [-0.39, 0.29) is 18.0 Å². The summed E-state index contributed by atoms with van der Waals surface area (Å²) in [6.45, 7) is 4.45. The SMILES string of the molecule is CC(C)Sc1ccccc1C(=O)N(C)Cc1nc2ccsc2c(=O)[nH]1. The van der Waals surface area contributed by atoms with Gasteiger partial charge in [0.15, 0.2) is 0 Å². The Balaban J connectivity index is 1.84. The van der Waals surface area contributed by atoms with Gasteiger partial charge >= 0.3 is 0 Å². The zero-order chi connectivity index (χ0) is 18.0. The van der Waals surface area contributed by atoms with Crippen molar-refractivity contribution in [2.24, 2.45) is 0 Å². The molecular formula is C18H19N3O2S2. The van der Waals surface area contributed by atoms with Crippen LogP contribution in [0.3, 0.4) is 0 Å². The van der Waals surface area contributed by atoms with Gasteiger partial charge in [-0.1, -0.05) is 26.0 Å². The third-order valence-electron chi connectivity index (χ3n) is 3.58. The summed E-state index contributed by atoms with van der Waals surface area (Å²) >= 11 is 3.03. The summed E-state index contributed by atoms with van der Waals surface area (Å²) in [4.78, 5) is 34.7. The van der Waals surface area contributed by atoms with Gasteiger partial charge in [0, 0.05) is 17.2 Å². The maximum absolute atomic E-state index is 12.8. The van der Waals surface area contributed by atoms with Crippen molar-refractivity contribution >= 4 is 39.2 Å². The second-order valence-corrected chi connectivity index (χ2v) is 8.51. The highest BCUT2D eigenvalue weighted by Gasteiger charge is 2.18. The van der Waals surface area contributed by atoms with Crippen LogP contribution >= 0.6 is 23.1 Å². The van der Waals surface area contributed by atoms with E-state index in [0.717, 1.165) is 4.90 Å². The fraction of sp³-hybridized carbons (Fsp3) is 0.278. The Kier molecular flexibility index (Phi) is 5.24. The Morgan fingerprint density at radius 3 is 2.84 bits per heavy atom. The van der Waals surface area contributed by atoms with Crippen molar-refractivity contribution in [3.63, 3.8) is 0 Å². The monoisotopic (exact) mass is 373 g/mol. The van der Waals surface area contributed by atoms with Crippen LogP contribution in [0.15, 0.2) is 45.4 Å². The summed E-state index contributed by atoms with van der Waals surface area (Å²) in [5.41, 5.74) is 1.18. The molecule has 1 N–H and O–H groups in total. The van der Waals surface area contributed by atoms with Gasteiger partial charge < -0.3 is 9.88 Å². The van der Waals surface area contributed by atoms with Crippen LogP contribution in [0, 0.1) is 0 Å². The van der Waals surface area contributed by atoms with Gasteiger partial charge in [-0.15, -0.1) is 23.1 Å². The summed E-state index contributed by atoms with van der Waals surface area (Å²) in [6.07, 6.45) is 0. The Labute approximate surface area is 154 Å². The van der Waals surface area contributed by atoms with E-state index in [1.54, 1.807) is 23.7 Å². The zero-order valence-corrected chi connectivity index (χ0v) is 15.9. The fourth-order valence-corrected chi connectivity index (χ4v) is 4.17. The Bertz CT molecular complexity index is 962. The van der Waals surface area contributed by atoms with Crippen molar-refractivity contribution in [1.82, 2.24) is 14.9 Å². The van der Waals surface area contributed by atoms with Gasteiger partial charge in [0.2, 0.25) is 0 Å². The molecule has 0 bridgehead atoms. The fourth-order valence-electron chi connectivity index (χ4n) is 2.50. The number of hydrogen-bond donors (Lipinski definition) is 1. The molecule has 0 radical (unpaired) electrons. The van der Waals surface area contributed by atoms with Crippen LogP contribution in [0.4, 0.5) is 0 Å². The molecule has 130 valence electrons. The zero-order valence-electron chi connectivity index (χ0n) is 14.3. The minimum atomic E-state index is -0.161. The smallest absolute Gasteiger partial charge is 0.268 e. The van der Waals surface area contributed by atoms with Crippen molar-refractivity contribution in [3.8, 4) is 0 Å². The number of nitrogens with zero attached hydrogens (tertiary/aromatic N) is 2. The van der Waals surface area contributed by atoms with E-state index in [0.29, 0.717) is 26.9 Å². The van der Waals surface area contributed by atoms with Gasteiger partial charge in [0.05, 0.1) is 17.6 Å². The molecular weight excluding hydrogens is 354 g/mol. The first kappa shape index (κ1) is 17.7. The van der Waals surface area contributed by atoms with E-state index in [1.807, 2.05) is 35.7 Å². The van der Waals surface area contributed by atoms with E-state index in [2.05, 4.69) is 23.8 Å². The van der Waals surface area contributed by atoms with Crippen LogP contribution < -0.4 is 5.56 Å². The highest BCUT2D eigenvalue weighted by atomic mass is 32.2. The van der Waals surface area contributed by atoms with Crippen LogP contribution in [0.1, 0.15) is 30.0 Å². The second-order valence-electron chi connectivity index (χ2n) is 5.97. The number of H-pyrrole nitrogens is 1. The number of rotatable bonds is 5. The molecule has 1 aromatic carbocycles. The van der Waals surface area contributed by atoms with E-state index >= 15 is 0 Å². The molecule has 0 aliphatic rings. The number of amides is 1. The number of thiophene rings is 1. The molecule has 0 aliphatic carbocycles. The topological polar surface area (TPSA) is 66.1 Å². The molecule has 3 aromatic rings. The Morgan fingerprint density at radius 2 is 2.08 bits per heavy atom. The molecule has 0 spiro atoms. The first-order valence-electron chi connectivity index (χ1n) is 7.93. The van der Waals surface area contributed by atoms with Gasteiger partial charge in [-0.3, -0.25) is 9.59 Å². The number of fused-ring (bicyclic) bond motifs is 1. The van der Waals surface area contributed by atoms with Crippen LogP contribution in [-0.2, 0) is 6.54 Å².